The Morgan fingerprint density at radius 2 is 2.50 bits per heavy atom. The average molecular weight is 110 g/mol. The van der Waals surface area contributed by atoms with Crippen LogP contribution in [0, 0.1) is 6.20 Å². The minimum atomic E-state index is 0.251. The highest BCUT2D eigenvalue weighted by atomic mass is 16.1. The molecule has 1 aliphatic rings. The zero-order valence-electron chi connectivity index (χ0n) is 4.82. The van der Waals surface area contributed by atoms with Gasteiger partial charge in [-0.25, -0.2) is 0 Å². The molecule has 43 valence electrons. The van der Waals surface area contributed by atoms with Gasteiger partial charge in [-0.15, -0.1) is 0 Å². The Morgan fingerprint density at radius 3 is 2.88 bits per heavy atom. The molecule has 0 atom stereocenters. The van der Waals surface area contributed by atoms with Crippen molar-refractivity contribution in [3.8, 4) is 0 Å². The molecule has 0 bridgehead atoms. The maximum atomic E-state index is 10.6. The number of nitrogens with one attached hydrogen (secondary N) is 1. The van der Waals surface area contributed by atoms with E-state index in [0.717, 1.165) is 5.57 Å². The van der Waals surface area contributed by atoms with Gasteiger partial charge in [-0.05, 0) is 12.5 Å². The summed E-state index contributed by atoms with van der Waals surface area (Å²) in [7, 11) is 0. The summed E-state index contributed by atoms with van der Waals surface area (Å²) in [6, 6.07) is 0. The zero-order chi connectivity index (χ0) is 5.98. The third-order valence-electron chi connectivity index (χ3n) is 1.05. The minimum absolute atomic E-state index is 0.251. The summed E-state index contributed by atoms with van der Waals surface area (Å²) in [4.78, 5) is 10.6. The fourth-order valence-electron chi connectivity index (χ4n) is 0.696. The van der Waals surface area contributed by atoms with Crippen LogP contribution in [0.3, 0.4) is 0 Å². The van der Waals surface area contributed by atoms with Crippen molar-refractivity contribution in [3.05, 3.63) is 11.8 Å². The Hall–Kier alpha value is -0.790. The highest BCUT2D eigenvalue weighted by Gasteiger charge is 2.05. The molecule has 1 N–H and O–H groups in total. The molecule has 0 unspecified atom stereocenters. The normalized spacial score (nSPS) is 19.6. The van der Waals surface area contributed by atoms with Crippen LogP contribution in [0.5, 0.6) is 0 Å². The van der Waals surface area contributed by atoms with Gasteiger partial charge in [0.1, 0.15) is 0 Å². The second-order valence-electron chi connectivity index (χ2n) is 1.97. The largest absolute Gasteiger partial charge is 0.376 e. The summed E-state index contributed by atoms with van der Waals surface area (Å²) in [5.41, 5.74) is 1.00. The lowest BCUT2D eigenvalue weighted by Gasteiger charge is -2.06. The number of Topliss-reactive ketones (excluding diaryl/α,β-unsaturated/α-hetero) is 1. The van der Waals surface area contributed by atoms with Crippen LogP contribution in [0.4, 0.5) is 0 Å². The Kier molecular flexibility index (Phi) is 1.33. The van der Waals surface area contributed by atoms with Gasteiger partial charge < -0.3 is 5.32 Å². The third-order valence-corrected chi connectivity index (χ3v) is 1.05. The van der Waals surface area contributed by atoms with Crippen LogP contribution in [0.25, 0.3) is 0 Å². The number of carbonyl (C=O) groups excluding carboxylic acids is 1. The van der Waals surface area contributed by atoms with Crippen molar-refractivity contribution in [1.82, 2.24) is 5.32 Å². The topological polar surface area (TPSA) is 29.1 Å². The molecule has 0 aliphatic carbocycles. The maximum Gasteiger partial charge on any atom is 0.155 e. The highest BCUT2D eigenvalue weighted by Crippen LogP contribution is 2.00. The van der Waals surface area contributed by atoms with E-state index in [-0.39, 0.29) is 5.78 Å². The molecule has 1 heterocycles. The van der Waals surface area contributed by atoms with E-state index in [1.807, 2.05) is 6.92 Å². The molecule has 1 radical (unpaired) electrons. The quantitative estimate of drug-likeness (QED) is 0.484. The van der Waals surface area contributed by atoms with Crippen molar-refractivity contribution < 1.29 is 4.79 Å². The second-order valence-corrected chi connectivity index (χ2v) is 1.97. The molecule has 0 aromatic rings. The van der Waals surface area contributed by atoms with Gasteiger partial charge in [0.05, 0.1) is 12.7 Å². The van der Waals surface area contributed by atoms with E-state index in [2.05, 4.69) is 11.5 Å². The van der Waals surface area contributed by atoms with Crippen LogP contribution in [0.2, 0.25) is 0 Å². The van der Waals surface area contributed by atoms with Crippen LogP contribution >= 0.6 is 0 Å². The molecule has 2 nitrogen and oxygen atoms in total. The van der Waals surface area contributed by atoms with E-state index in [1.54, 1.807) is 0 Å². The highest BCUT2D eigenvalue weighted by molar-refractivity contribution is 5.83. The maximum absolute atomic E-state index is 10.6. The molecule has 0 aromatic heterocycles. The standard InChI is InChI=1S/C6H8NO/c1-5-2-6(8)4-7-3-5/h7H,2,4H2,1H3. The lowest BCUT2D eigenvalue weighted by atomic mass is 10.1. The number of carbonyl (C=O) groups is 1. The summed E-state index contributed by atoms with van der Waals surface area (Å²) in [5, 5.41) is 2.75. The first kappa shape index (κ1) is 5.35. The predicted octanol–water partition coefficient (Wildman–Crippen LogP) is 0.256. The molecule has 0 fully saturated rings. The van der Waals surface area contributed by atoms with E-state index in [4.69, 9.17) is 0 Å². The lowest BCUT2D eigenvalue weighted by Crippen LogP contribution is -2.23. The molecular weight excluding hydrogens is 102 g/mol. The van der Waals surface area contributed by atoms with Crippen LogP contribution in [0.15, 0.2) is 5.57 Å². The molecule has 1 rings (SSSR count). The third kappa shape index (κ3) is 1.09. The van der Waals surface area contributed by atoms with Crippen molar-refractivity contribution >= 4 is 5.78 Å². The van der Waals surface area contributed by atoms with Crippen molar-refractivity contribution in [1.29, 1.82) is 0 Å². The molecular formula is C6H8NO. The fourth-order valence-corrected chi connectivity index (χ4v) is 0.696. The van der Waals surface area contributed by atoms with Crippen molar-refractivity contribution in [3.63, 3.8) is 0 Å². The molecule has 1 aliphatic heterocycles. The van der Waals surface area contributed by atoms with Crippen LogP contribution in [-0.2, 0) is 4.79 Å². The molecule has 0 spiro atoms. The first-order chi connectivity index (χ1) is 3.79. The van der Waals surface area contributed by atoms with Crippen molar-refractivity contribution in [2.24, 2.45) is 0 Å². The van der Waals surface area contributed by atoms with Crippen molar-refractivity contribution in [2.75, 3.05) is 6.54 Å². The van der Waals surface area contributed by atoms with Crippen LogP contribution in [0.1, 0.15) is 13.3 Å². The summed E-state index contributed by atoms with van der Waals surface area (Å²) in [6.45, 7) is 2.35. The van der Waals surface area contributed by atoms with E-state index in [1.165, 1.54) is 0 Å². The van der Waals surface area contributed by atoms with Gasteiger partial charge in [-0.1, -0.05) is 0 Å². The number of allylic oxidation sites excluding steroid dienone is 1. The number of ketones is 1. The van der Waals surface area contributed by atoms with E-state index >= 15 is 0 Å². The Morgan fingerprint density at radius 1 is 1.75 bits per heavy atom. The molecule has 0 aromatic carbocycles. The van der Waals surface area contributed by atoms with E-state index in [9.17, 15) is 4.79 Å². The smallest absolute Gasteiger partial charge is 0.155 e. The predicted molar refractivity (Wildman–Crippen MR) is 30.1 cm³/mol. The number of hydrogen-bond acceptors (Lipinski definition) is 2. The van der Waals surface area contributed by atoms with Gasteiger partial charge in [0.15, 0.2) is 5.78 Å². The van der Waals surface area contributed by atoms with Gasteiger partial charge >= 0.3 is 0 Å². The molecule has 0 saturated carbocycles. The van der Waals surface area contributed by atoms with Gasteiger partial charge in [0.25, 0.3) is 0 Å². The van der Waals surface area contributed by atoms with Gasteiger partial charge in [-0.3, -0.25) is 4.79 Å². The van der Waals surface area contributed by atoms with E-state index in [0.29, 0.717) is 13.0 Å². The number of hydrogen-bond donors (Lipinski definition) is 1. The second kappa shape index (κ2) is 1.99. The van der Waals surface area contributed by atoms with Gasteiger partial charge in [0.2, 0.25) is 0 Å². The van der Waals surface area contributed by atoms with Gasteiger partial charge in [-0.2, -0.15) is 0 Å². The van der Waals surface area contributed by atoms with Crippen LogP contribution in [-0.4, -0.2) is 12.3 Å². The lowest BCUT2D eigenvalue weighted by molar-refractivity contribution is -0.117. The van der Waals surface area contributed by atoms with Crippen molar-refractivity contribution in [2.45, 2.75) is 13.3 Å². The summed E-state index contributed by atoms with van der Waals surface area (Å²) >= 11 is 0. The SMILES string of the molecule is CC1=[C]NCC(=O)C1. The monoisotopic (exact) mass is 110 g/mol. The Labute approximate surface area is 48.6 Å². The average Bonchev–Trinajstić information content (AvgIpc) is 1.64. The summed E-state index contributed by atoms with van der Waals surface area (Å²) in [6.07, 6.45) is 3.43. The first-order valence-corrected chi connectivity index (χ1v) is 2.62. The molecule has 0 amide bonds. The summed E-state index contributed by atoms with van der Waals surface area (Å²) in [5.74, 6) is 0.251. The van der Waals surface area contributed by atoms with Gasteiger partial charge in [0, 0.05) is 6.42 Å². The molecule has 2 heteroatoms. The zero-order valence-corrected chi connectivity index (χ0v) is 4.82. The number of rotatable bonds is 0. The minimum Gasteiger partial charge on any atom is -0.376 e. The molecule has 8 heavy (non-hydrogen) atoms. The Balaban J connectivity index is 2.57. The van der Waals surface area contributed by atoms with E-state index < -0.39 is 0 Å². The van der Waals surface area contributed by atoms with Crippen LogP contribution < -0.4 is 5.32 Å². The summed E-state index contributed by atoms with van der Waals surface area (Å²) < 4.78 is 0. The fraction of sp³-hybridized carbons (Fsp3) is 0.500. The Bertz CT molecular complexity index is 137. The first-order valence-electron chi connectivity index (χ1n) is 2.62. The molecule has 0 saturated heterocycles.